The largest absolute Gasteiger partial charge is 0.480 e. The number of hydrogen-bond donors (Lipinski definition) is 5. The highest BCUT2D eigenvalue weighted by Crippen LogP contribution is 2.07. The maximum Gasteiger partial charge on any atom is 0.328 e. The van der Waals surface area contributed by atoms with E-state index >= 15 is 0 Å². The van der Waals surface area contributed by atoms with Crippen molar-refractivity contribution in [2.75, 3.05) is 0 Å². The van der Waals surface area contributed by atoms with E-state index in [2.05, 4.69) is 10.6 Å². The Hall–Kier alpha value is -1.67. The third-order valence-electron chi connectivity index (χ3n) is 3.36. The number of carboxylic acids is 1. The van der Waals surface area contributed by atoms with Gasteiger partial charge in [-0.1, -0.05) is 27.7 Å². The number of amides is 2. The van der Waals surface area contributed by atoms with Gasteiger partial charge in [0.15, 0.2) is 6.04 Å². The van der Waals surface area contributed by atoms with E-state index in [1.54, 1.807) is 13.8 Å². The topological polar surface area (TPSA) is 142 Å². The summed E-state index contributed by atoms with van der Waals surface area (Å²) < 4.78 is 0. The molecule has 0 aliphatic carbocycles. The Morgan fingerprint density at radius 2 is 1.43 bits per heavy atom. The number of hydrogen-bond acceptors (Lipinski definition) is 5. The van der Waals surface area contributed by atoms with E-state index in [1.165, 1.54) is 6.92 Å². The van der Waals surface area contributed by atoms with Crippen molar-refractivity contribution >= 4 is 17.8 Å². The highest BCUT2D eigenvalue weighted by atomic mass is 16.4. The van der Waals surface area contributed by atoms with Gasteiger partial charge in [-0.25, -0.2) is 4.79 Å². The molecule has 0 bridgehead atoms. The van der Waals surface area contributed by atoms with E-state index in [9.17, 15) is 19.5 Å². The van der Waals surface area contributed by atoms with Crippen LogP contribution in [0.25, 0.3) is 0 Å². The van der Waals surface area contributed by atoms with Crippen molar-refractivity contribution in [2.24, 2.45) is 17.6 Å². The fourth-order valence-electron chi connectivity index (χ4n) is 2.04. The predicted molar refractivity (Wildman–Crippen MR) is 85.4 cm³/mol. The first-order valence-corrected chi connectivity index (χ1v) is 7.74. The van der Waals surface area contributed by atoms with Crippen LogP contribution >= 0.6 is 0 Å². The molecule has 0 unspecified atom stereocenters. The zero-order valence-corrected chi connectivity index (χ0v) is 14.4. The zero-order valence-electron chi connectivity index (χ0n) is 14.4. The van der Waals surface area contributed by atoms with Crippen LogP contribution in [0.15, 0.2) is 0 Å². The summed E-state index contributed by atoms with van der Waals surface area (Å²) in [6, 6.07) is -3.11. The molecule has 0 saturated heterocycles. The number of nitrogens with one attached hydrogen (secondary N) is 2. The Morgan fingerprint density at radius 1 is 0.957 bits per heavy atom. The highest BCUT2D eigenvalue weighted by molar-refractivity contribution is 5.92. The number of aliphatic hydroxyl groups is 1. The number of aliphatic hydroxyl groups excluding tert-OH is 1. The summed E-state index contributed by atoms with van der Waals surface area (Å²) in [5.74, 6) is -2.52. The van der Waals surface area contributed by atoms with Gasteiger partial charge in [-0.15, -0.1) is 0 Å². The Labute approximate surface area is 136 Å². The van der Waals surface area contributed by atoms with Crippen LogP contribution in [0, 0.1) is 11.8 Å². The molecular formula is C15H29N3O5. The fraction of sp³-hybridized carbons (Fsp3) is 0.800. The van der Waals surface area contributed by atoms with E-state index in [0.717, 1.165) is 0 Å². The summed E-state index contributed by atoms with van der Waals surface area (Å²) in [6.07, 6.45) is -0.785. The van der Waals surface area contributed by atoms with E-state index in [-0.39, 0.29) is 11.8 Å². The molecule has 0 heterocycles. The van der Waals surface area contributed by atoms with Crippen LogP contribution in [0.5, 0.6) is 0 Å². The van der Waals surface area contributed by atoms with Crippen LogP contribution in [-0.2, 0) is 14.4 Å². The lowest BCUT2D eigenvalue weighted by Gasteiger charge is -2.26. The predicted octanol–water partition coefficient (Wildman–Crippen LogP) is -0.549. The number of carbonyl (C=O) groups excluding carboxylic acids is 2. The minimum atomic E-state index is -1.44. The number of carbonyl (C=O) groups is 3. The smallest absolute Gasteiger partial charge is 0.328 e. The average Bonchev–Trinajstić information content (AvgIpc) is 2.39. The quantitative estimate of drug-likeness (QED) is 0.384. The van der Waals surface area contributed by atoms with Gasteiger partial charge in [0.25, 0.3) is 0 Å². The van der Waals surface area contributed by atoms with E-state index in [4.69, 9.17) is 10.8 Å². The molecule has 0 aromatic heterocycles. The summed E-state index contributed by atoms with van der Waals surface area (Å²) in [4.78, 5) is 35.4. The molecule has 134 valence electrons. The highest BCUT2D eigenvalue weighted by Gasteiger charge is 2.31. The molecule has 0 fully saturated rings. The Bertz CT molecular complexity index is 423. The molecule has 8 heteroatoms. The van der Waals surface area contributed by atoms with Gasteiger partial charge in [0.2, 0.25) is 11.8 Å². The van der Waals surface area contributed by atoms with Crippen molar-refractivity contribution in [3.8, 4) is 0 Å². The minimum absolute atomic E-state index is 0.230. The first-order valence-electron chi connectivity index (χ1n) is 7.74. The third-order valence-corrected chi connectivity index (χ3v) is 3.36. The lowest BCUT2D eigenvalue weighted by atomic mass is 10.00. The maximum atomic E-state index is 12.2. The summed E-state index contributed by atoms with van der Waals surface area (Å²) in [5.41, 5.74) is 5.79. The molecule has 4 atom stereocenters. The number of aliphatic carboxylic acids is 1. The summed E-state index contributed by atoms with van der Waals surface area (Å²) >= 11 is 0. The fourth-order valence-corrected chi connectivity index (χ4v) is 2.04. The van der Waals surface area contributed by atoms with Crippen molar-refractivity contribution in [3.05, 3.63) is 0 Å². The van der Waals surface area contributed by atoms with Crippen LogP contribution in [0.2, 0.25) is 0 Å². The molecule has 6 N–H and O–H groups in total. The van der Waals surface area contributed by atoms with Crippen LogP contribution < -0.4 is 16.4 Å². The number of rotatable bonds is 9. The molecule has 0 radical (unpaired) electrons. The molecular weight excluding hydrogens is 302 g/mol. The second kappa shape index (κ2) is 9.46. The molecule has 23 heavy (non-hydrogen) atoms. The Kier molecular flexibility index (Phi) is 8.78. The van der Waals surface area contributed by atoms with Crippen molar-refractivity contribution in [2.45, 2.75) is 65.3 Å². The summed E-state index contributed by atoms with van der Waals surface area (Å²) in [7, 11) is 0. The first kappa shape index (κ1) is 21.3. The monoisotopic (exact) mass is 331 g/mol. The standard InChI is InChI=1S/C15H29N3O5/c1-7(2)6-10(16)13(20)17-11(8(3)4)14(21)18-12(9(5)19)15(22)23/h7-12,19H,6,16H2,1-5H3,(H,17,20)(H,18,21)(H,22,23)/t9-,10+,11+,12+/m1/s1. The van der Waals surface area contributed by atoms with E-state index in [0.29, 0.717) is 6.42 Å². The Balaban J connectivity index is 4.94. The molecule has 0 rings (SSSR count). The average molecular weight is 331 g/mol. The second-order valence-electron chi connectivity index (χ2n) is 6.53. The van der Waals surface area contributed by atoms with Gasteiger partial charge in [0, 0.05) is 0 Å². The van der Waals surface area contributed by atoms with Gasteiger partial charge >= 0.3 is 5.97 Å². The van der Waals surface area contributed by atoms with Gasteiger partial charge in [0.1, 0.15) is 6.04 Å². The van der Waals surface area contributed by atoms with Crippen molar-refractivity contribution in [1.29, 1.82) is 0 Å². The minimum Gasteiger partial charge on any atom is -0.480 e. The molecule has 0 aromatic carbocycles. The van der Waals surface area contributed by atoms with Gasteiger partial charge in [-0.2, -0.15) is 0 Å². The SMILES string of the molecule is CC(C)C[C@H](N)C(=O)N[C@H](C(=O)N[C@H](C(=O)O)[C@@H](C)O)C(C)C. The molecule has 0 saturated carbocycles. The number of carboxylic acid groups (broad SMARTS) is 1. The van der Waals surface area contributed by atoms with Crippen LogP contribution in [0.4, 0.5) is 0 Å². The lowest BCUT2D eigenvalue weighted by Crippen LogP contribution is -2.58. The van der Waals surface area contributed by atoms with E-state index < -0.39 is 42.0 Å². The Morgan fingerprint density at radius 3 is 1.78 bits per heavy atom. The molecule has 0 aliphatic rings. The third kappa shape index (κ3) is 7.43. The van der Waals surface area contributed by atoms with Crippen LogP contribution in [0.3, 0.4) is 0 Å². The molecule has 0 aliphatic heterocycles. The summed E-state index contributed by atoms with van der Waals surface area (Å²) in [5, 5.41) is 23.2. The van der Waals surface area contributed by atoms with Gasteiger partial charge in [-0.05, 0) is 25.2 Å². The molecule has 0 aromatic rings. The maximum absolute atomic E-state index is 12.2. The summed E-state index contributed by atoms with van der Waals surface area (Å²) in [6.45, 7) is 8.56. The van der Waals surface area contributed by atoms with Crippen LogP contribution in [0.1, 0.15) is 41.0 Å². The molecule has 8 nitrogen and oxygen atoms in total. The van der Waals surface area contributed by atoms with Crippen molar-refractivity contribution < 1.29 is 24.6 Å². The normalized spacial score (nSPS) is 16.6. The van der Waals surface area contributed by atoms with E-state index in [1.807, 2.05) is 13.8 Å². The van der Waals surface area contributed by atoms with Gasteiger partial charge < -0.3 is 26.6 Å². The van der Waals surface area contributed by atoms with Crippen molar-refractivity contribution in [1.82, 2.24) is 10.6 Å². The molecule has 2 amide bonds. The van der Waals surface area contributed by atoms with Gasteiger partial charge in [-0.3, -0.25) is 9.59 Å². The lowest BCUT2D eigenvalue weighted by molar-refractivity contribution is -0.145. The molecule has 0 spiro atoms. The number of nitrogens with two attached hydrogens (primary N) is 1. The second-order valence-corrected chi connectivity index (χ2v) is 6.53. The first-order chi connectivity index (χ1) is 10.5. The van der Waals surface area contributed by atoms with Crippen LogP contribution in [-0.4, -0.2) is 52.2 Å². The zero-order chi connectivity index (χ0) is 18.3. The van der Waals surface area contributed by atoms with Gasteiger partial charge in [0.05, 0.1) is 12.1 Å². The van der Waals surface area contributed by atoms with Crippen molar-refractivity contribution in [3.63, 3.8) is 0 Å².